The molecule has 3 aromatic rings. The third-order valence-electron chi connectivity index (χ3n) is 5.22. The van der Waals surface area contributed by atoms with Crippen molar-refractivity contribution < 1.29 is 19.7 Å². The van der Waals surface area contributed by atoms with Crippen molar-refractivity contribution in [2.24, 2.45) is 5.73 Å². The average molecular weight is 438 g/mol. The fourth-order valence-corrected chi connectivity index (χ4v) is 3.65. The molecule has 0 amide bonds. The average Bonchev–Trinajstić information content (AvgIpc) is 3.28. The Kier molecular flexibility index (Phi) is 8.19. The van der Waals surface area contributed by atoms with Gasteiger partial charge in [0.2, 0.25) is 0 Å². The Morgan fingerprint density at radius 2 is 1.91 bits per heavy atom. The summed E-state index contributed by atoms with van der Waals surface area (Å²) in [7, 11) is 1.60. The molecular formula is C25H31N3O4. The second-order valence-corrected chi connectivity index (χ2v) is 7.69. The third kappa shape index (κ3) is 5.44. The maximum atomic E-state index is 11.2. The minimum Gasteiger partial charge on any atom is -0.491 e. The zero-order valence-corrected chi connectivity index (χ0v) is 18.5. The molecule has 170 valence electrons. The predicted octanol–water partition coefficient (Wildman–Crippen LogP) is 3.42. The molecule has 0 bridgehead atoms. The normalized spacial score (nSPS) is 15.0. The molecule has 32 heavy (non-hydrogen) atoms. The summed E-state index contributed by atoms with van der Waals surface area (Å²) < 4.78 is 12.9. The number of hydrogen-bond donors (Lipinski definition) is 3. The van der Waals surface area contributed by atoms with Crippen LogP contribution in [0.1, 0.15) is 36.6 Å². The summed E-state index contributed by atoms with van der Waals surface area (Å²) in [6, 6.07) is 14.7. The molecule has 0 radical (unpaired) electrons. The maximum Gasteiger partial charge on any atom is 0.137 e. The van der Waals surface area contributed by atoms with E-state index >= 15 is 0 Å². The van der Waals surface area contributed by atoms with Crippen molar-refractivity contribution >= 4 is 0 Å². The maximum absolute atomic E-state index is 11.2. The highest BCUT2D eigenvalue weighted by atomic mass is 16.5. The lowest BCUT2D eigenvalue weighted by molar-refractivity contribution is 0.123. The largest absolute Gasteiger partial charge is 0.491 e. The zero-order chi connectivity index (χ0) is 23.1. The van der Waals surface area contributed by atoms with Crippen LogP contribution in [0.2, 0.25) is 0 Å². The summed E-state index contributed by atoms with van der Waals surface area (Å²) in [5, 5.41) is 21.2. The number of nitrogens with zero attached hydrogens (tertiary/aromatic N) is 2. The van der Waals surface area contributed by atoms with Crippen LogP contribution in [-0.4, -0.2) is 46.1 Å². The van der Waals surface area contributed by atoms with E-state index < -0.39 is 18.2 Å². The summed E-state index contributed by atoms with van der Waals surface area (Å²) in [6.45, 7) is 6.16. The standard InChI is InChI=1S/C25H31N3O4/c1-4-22(28-13-12-27-25(28)17(2)29)24(30)19-10-11-21(18-8-6-5-7-9-18)23(14-19)32-16-20(26)15-31-3/h4-14,17,20,22,24,29-30H,1,15-16,26H2,2-3H3/t17-,20?,22?,24?/m0/s1. The number of ether oxygens (including phenoxy) is 2. The van der Waals surface area contributed by atoms with Gasteiger partial charge in [-0.3, -0.25) is 0 Å². The topological polar surface area (TPSA) is 103 Å². The van der Waals surface area contributed by atoms with Crippen molar-refractivity contribution in [3.8, 4) is 16.9 Å². The van der Waals surface area contributed by atoms with E-state index in [0.717, 1.165) is 11.1 Å². The first-order valence-electron chi connectivity index (χ1n) is 10.5. The second-order valence-electron chi connectivity index (χ2n) is 7.69. The van der Waals surface area contributed by atoms with E-state index in [1.54, 1.807) is 37.1 Å². The lowest BCUT2D eigenvalue weighted by Gasteiger charge is -2.25. The molecule has 4 N–H and O–H groups in total. The van der Waals surface area contributed by atoms with E-state index in [1.165, 1.54) is 0 Å². The van der Waals surface area contributed by atoms with Crippen LogP contribution in [0, 0.1) is 0 Å². The van der Waals surface area contributed by atoms with Gasteiger partial charge in [0.25, 0.3) is 0 Å². The van der Waals surface area contributed by atoms with Gasteiger partial charge in [-0.05, 0) is 24.1 Å². The summed E-state index contributed by atoms with van der Waals surface area (Å²) in [4.78, 5) is 4.20. The monoisotopic (exact) mass is 437 g/mol. The number of aromatic nitrogens is 2. The van der Waals surface area contributed by atoms with E-state index in [2.05, 4.69) is 11.6 Å². The minimum atomic E-state index is -0.931. The van der Waals surface area contributed by atoms with E-state index in [4.69, 9.17) is 15.2 Å². The van der Waals surface area contributed by atoms with Gasteiger partial charge in [0, 0.05) is 25.1 Å². The zero-order valence-electron chi connectivity index (χ0n) is 18.5. The van der Waals surface area contributed by atoms with Crippen LogP contribution in [0.5, 0.6) is 5.75 Å². The molecule has 7 nitrogen and oxygen atoms in total. The number of benzene rings is 2. The highest BCUT2D eigenvalue weighted by molar-refractivity contribution is 5.71. The molecule has 0 spiro atoms. The third-order valence-corrected chi connectivity index (χ3v) is 5.22. The van der Waals surface area contributed by atoms with Crippen LogP contribution in [0.15, 0.2) is 73.6 Å². The second kappa shape index (κ2) is 11.1. The van der Waals surface area contributed by atoms with Crippen molar-refractivity contribution in [2.45, 2.75) is 31.2 Å². The van der Waals surface area contributed by atoms with Crippen LogP contribution in [-0.2, 0) is 4.74 Å². The number of aliphatic hydroxyl groups is 2. The minimum absolute atomic E-state index is 0.270. The van der Waals surface area contributed by atoms with Crippen molar-refractivity contribution in [1.29, 1.82) is 0 Å². The van der Waals surface area contributed by atoms with Gasteiger partial charge in [0.1, 0.15) is 30.4 Å². The molecule has 4 atom stereocenters. The van der Waals surface area contributed by atoms with Crippen LogP contribution >= 0.6 is 0 Å². The molecule has 2 aromatic carbocycles. The van der Waals surface area contributed by atoms with Gasteiger partial charge in [0.15, 0.2) is 0 Å². The van der Waals surface area contributed by atoms with Crippen LogP contribution in [0.4, 0.5) is 0 Å². The number of nitrogens with two attached hydrogens (primary N) is 1. The van der Waals surface area contributed by atoms with Crippen LogP contribution in [0.25, 0.3) is 11.1 Å². The molecule has 0 aliphatic heterocycles. The Morgan fingerprint density at radius 3 is 2.56 bits per heavy atom. The number of hydrogen-bond acceptors (Lipinski definition) is 6. The summed E-state index contributed by atoms with van der Waals surface area (Å²) in [5.41, 5.74) is 8.59. The molecule has 0 aliphatic carbocycles. The lowest BCUT2D eigenvalue weighted by atomic mass is 9.97. The molecule has 0 fully saturated rings. The predicted molar refractivity (Wildman–Crippen MR) is 124 cm³/mol. The molecule has 1 heterocycles. The van der Waals surface area contributed by atoms with Gasteiger partial charge in [-0.1, -0.05) is 48.5 Å². The summed E-state index contributed by atoms with van der Waals surface area (Å²) >= 11 is 0. The molecule has 0 saturated carbocycles. The number of methoxy groups -OCH3 is 1. The SMILES string of the molecule is C=CC(C(O)c1ccc(-c2ccccc2)c(OCC(N)COC)c1)n1ccnc1[C@H](C)O. The first-order chi connectivity index (χ1) is 15.5. The molecule has 0 saturated heterocycles. The Morgan fingerprint density at radius 1 is 1.16 bits per heavy atom. The number of imidazole rings is 1. The van der Waals surface area contributed by atoms with E-state index in [-0.39, 0.29) is 12.6 Å². The molecule has 1 aromatic heterocycles. The molecule has 7 heteroatoms. The van der Waals surface area contributed by atoms with Gasteiger partial charge < -0.3 is 30.0 Å². The smallest absolute Gasteiger partial charge is 0.137 e. The Labute approximate surface area is 188 Å². The van der Waals surface area contributed by atoms with E-state index in [9.17, 15) is 10.2 Å². The Bertz CT molecular complexity index is 1000. The highest BCUT2D eigenvalue weighted by Crippen LogP contribution is 2.36. The molecule has 0 aliphatic rings. The fourth-order valence-electron chi connectivity index (χ4n) is 3.65. The van der Waals surface area contributed by atoms with Crippen molar-refractivity contribution in [3.63, 3.8) is 0 Å². The molecule has 3 unspecified atom stereocenters. The van der Waals surface area contributed by atoms with Gasteiger partial charge in [0.05, 0.1) is 18.7 Å². The van der Waals surface area contributed by atoms with Crippen LogP contribution < -0.4 is 10.5 Å². The van der Waals surface area contributed by atoms with Crippen molar-refractivity contribution in [2.75, 3.05) is 20.3 Å². The molecular weight excluding hydrogens is 406 g/mol. The molecule has 3 rings (SSSR count). The van der Waals surface area contributed by atoms with Gasteiger partial charge in [-0.15, -0.1) is 6.58 Å². The van der Waals surface area contributed by atoms with Gasteiger partial charge in [-0.2, -0.15) is 0 Å². The Hall–Kier alpha value is -2.97. The number of rotatable bonds is 11. The van der Waals surface area contributed by atoms with Crippen molar-refractivity contribution in [3.05, 3.63) is 85.0 Å². The quantitative estimate of drug-likeness (QED) is 0.397. The summed E-state index contributed by atoms with van der Waals surface area (Å²) in [6.07, 6.45) is 3.24. The number of aliphatic hydroxyl groups excluding tert-OH is 2. The Balaban J connectivity index is 1.96. The fraction of sp³-hybridized carbons (Fsp3) is 0.320. The van der Waals surface area contributed by atoms with Crippen LogP contribution in [0.3, 0.4) is 0 Å². The highest BCUT2D eigenvalue weighted by Gasteiger charge is 2.24. The van der Waals surface area contributed by atoms with Gasteiger partial charge >= 0.3 is 0 Å². The van der Waals surface area contributed by atoms with Crippen molar-refractivity contribution in [1.82, 2.24) is 9.55 Å². The van der Waals surface area contributed by atoms with Gasteiger partial charge in [-0.25, -0.2) is 4.98 Å². The summed E-state index contributed by atoms with van der Waals surface area (Å²) in [5.74, 6) is 1.07. The van der Waals surface area contributed by atoms with E-state index in [0.29, 0.717) is 23.7 Å². The lowest BCUT2D eigenvalue weighted by Crippen LogP contribution is -2.32. The first kappa shape index (κ1) is 23.7. The van der Waals surface area contributed by atoms with E-state index in [1.807, 2.05) is 48.5 Å². The first-order valence-corrected chi connectivity index (χ1v) is 10.5.